The van der Waals surface area contributed by atoms with Crippen molar-refractivity contribution in [1.29, 1.82) is 0 Å². The monoisotopic (exact) mass is 275 g/mol. The van der Waals surface area contributed by atoms with Crippen LogP contribution in [-0.2, 0) is 6.42 Å². The fourth-order valence-corrected chi connectivity index (χ4v) is 3.12. The molecule has 2 N–H and O–H groups in total. The van der Waals surface area contributed by atoms with Crippen LogP contribution < -0.4 is 5.73 Å². The molecule has 2 unspecified atom stereocenters. The molecule has 0 fully saturated rings. The van der Waals surface area contributed by atoms with Crippen molar-refractivity contribution in [1.82, 2.24) is 0 Å². The fraction of sp³-hybridized carbons (Fsp3) is 0.636. The molecule has 0 bridgehead atoms. The van der Waals surface area contributed by atoms with Gasteiger partial charge in [-0.1, -0.05) is 20.3 Å². The minimum atomic E-state index is 0.306. The van der Waals surface area contributed by atoms with Crippen LogP contribution in [0.2, 0.25) is 0 Å². The molecule has 0 aliphatic rings. The maximum atomic E-state index is 6.14. The predicted molar refractivity (Wildman–Crippen MR) is 67.8 cm³/mol. The molecule has 0 radical (unpaired) electrons. The van der Waals surface area contributed by atoms with Gasteiger partial charge in [0.05, 0.1) is 3.79 Å². The summed E-state index contributed by atoms with van der Waals surface area (Å²) < 4.78 is 1.20. The maximum Gasteiger partial charge on any atom is 0.0701 e. The molecule has 1 aromatic rings. The van der Waals surface area contributed by atoms with Crippen LogP contribution in [0.25, 0.3) is 0 Å². The van der Waals surface area contributed by atoms with E-state index >= 15 is 0 Å². The van der Waals surface area contributed by atoms with Gasteiger partial charge in [-0.05, 0) is 46.8 Å². The summed E-state index contributed by atoms with van der Waals surface area (Å²) in [4.78, 5) is 1.38. The normalized spacial score (nSPS) is 15.4. The molecule has 0 saturated carbocycles. The highest BCUT2D eigenvalue weighted by Crippen LogP contribution is 2.24. The van der Waals surface area contributed by atoms with E-state index in [0.29, 0.717) is 12.0 Å². The quantitative estimate of drug-likeness (QED) is 0.869. The van der Waals surface area contributed by atoms with E-state index in [1.54, 1.807) is 11.3 Å². The van der Waals surface area contributed by atoms with E-state index in [1.165, 1.54) is 21.5 Å². The van der Waals surface area contributed by atoms with Gasteiger partial charge in [0.15, 0.2) is 0 Å². The first-order valence-electron chi connectivity index (χ1n) is 5.13. The van der Waals surface area contributed by atoms with Crippen LogP contribution in [0.15, 0.2) is 15.9 Å². The molecular weight excluding hydrogens is 258 g/mol. The molecule has 0 aliphatic heterocycles. The third kappa shape index (κ3) is 3.71. The van der Waals surface area contributed by atoms with Crippen LogP contribution in [0.5, 0.6) is 0 Å². The molecule has 0 spiro atoms. The van der Waals surface area contributed by atoms with Gasteiger partial charge < -0.3 is 5.73 Å². The van der Waals surface area contributed by atoms with Crippen LogP contribution in [0.1, 0.15) is 31.6 Å². The van der Waals surface area contributed by atoms with Gasteiger partial charge in [-0.2, -0.15) is 0 Å². The lowest BCUT2D eigenvalue weighted by atomic mass is 9.95. The Morgan fingerprint density at radius 1 is 1.50 bits per heavy atom. The van der Waals surface area contributed by atoms with Crippen molar-refractivity contribution in [2.45, 2.75) is 39.2 Å². The van der Waals surface area contributed by atoms with Gasteiger partial charge in [0.1, 0.15) is 0 Å². The van der Waals surface area contributed by atoms with E-state index in [4.69, 9.17) is 5.73 Å². The van der Waals surface area contributed by atoms with E-state index in [1.807, 2.05) is 0 Å². The molecule has 0 amide bonds. The van der Waals surface area contributed by atoms with E-state index in [9.17, 15) is 0 Å². The Labute approximate surface area is 98.8 Å². The Hall–Kier alpha value is 0.140. The Balaban J connectivity index is 2.43. The van der Waals surface area contributed by atoms with Crippen LogP contribution in [0.4, 0.5) is 0 Å². The summed E-state index contributed by atoms with van der Waals surface area (Å²) >= 11 is 5.26. The van der Waals surface area contributed by atoms with Gasteiger partial charge in [-0.15, -0.1) is 11.3 Å². The van der Waals surface area contributed by atoms with Crippen molar-refractivity contribution in [3.63, 3.8) is 0 Å². The van der Waals surface area contributed by atoms with Gasteiger partial charge in [0, 0.05) is 10.9 Å². The summed E-state index contributed by atoms with van der Waals surface area (Å²) in [5, 5.41) is 0. The molecule has 3 heteroatoms. The first kappa shape index (κ1) is 12.2. The Bertz CT molecular complexity index is 272. The number of hydrogen-bond acceptors (Lipinski definition) is 2. The third-order valence-electron chi connectivity index (χ3n) is 2.54. The van der Waals surface area contributed by atoms with E-state index in [0.717, 1.165) is 6.42 Å². The summed E-state index contributed by atoms with van der Waals surface area (Å²) in [5.74, 6) is 0.626. The van der Waals surface area contributed by atoms with Gasteiger partial charge in [-0.3, -0.25) is 0 Å². The molecule has 1 aromatic heterocycles. The highest BCUT2D eigenvalue weighted by molar-refractivity contribution is 9.11. The fourth-order valence-electron chi connectivity index (χ4n) is 1.56. The van der Waals surface area contributed by atoms with Crippen LogP contribution in [-0.4, -0.2) is 6.04 Å². The van der Waals surface area contributed by atoms with Crippen molar-refractivity contribution < 1.29 is 0 Å². The minimum absolute atomic E-state index is 0.306. The van der Waals surface area contributed by atoms with E-state index in [2.05, 4.69) is 41.9 Å². The largest absolute Gasteiger partial charge is 0.327 e. The molecule has 0 aromatic carbocycles. The number of thiophene rings is 1. The molecule has 0 saturated heterocycles. The molecule has 14 heavy (non-hydrogen) atoms. The Morgan fingerprint density at radius 3 is 2.71 bits per heavy atom. The molecule has 1 heterocycles. The van der Waals surface area contributed by atoms with Crippen LogP contribution >= 0.6 is 27.3 Å². The second-order valence-corrected chi connectivity index (χ2v) is 6.39. The molecule has 2 atom stereocenters. The van der Waals surface area contributed by atoms with Gasteiger partial charge in [-0.25, -0.2) is 0 Å². The van der Waals surface area contributed by atoms with Gasteiger partial charge >= 0.3 is 0 Å². The van der Waals surface area contributed by atoms with Crippen LogP contribution in [0.3, 0.4) is 0 Å². The smallest absolute Gasteiger partial charge is 0.0701 e. The van der Waals surface area contributed by atoms with E-state index in [-0.39, 0.29) is 0 Å². The minimum Gasteiger partial charge on any atom is -0.327 e. The SMILES string of the molecule is CCCC(C)C(N)Cc1ccc(Br)s1. The molecule has 0 aliphatic carbocycles. The zero-order valence-corrected chi connectivity index (χ0v) is 11.2. The van der Waals surface area contributed by atoms with Crippen molar-refractivity contribution in [3.8, 4) is 0 Å². The number of rotatable bonds is 5. The number of nitrogens with two attached hydrogens (primary N) is 1. The van der Waals surface area contributed by atoms with Crippen LogP contribution in [0, 0.1) is 5.92 Å². The third-order valence-corrected chi connectivity index (χ3v) is 4.19. The second kappa shape index (κ2) is 5.89. The lowest BCUT2D eigenvalue weighted by molar-refractivity contribution is 0.421. The van der Waals surface area contributed by atoms with Gasteiger partial charge in [0.2, 0.25) is 0 Å². The van der Waals surface area contributed by atoms with Crippen molar-refractivity contribution in [2.24, 2.45) is 11.7 Å². The van der Waals surface area contributed by atoms with Crippen molar-refractivity contribution in [3.05, 3.63) is 20.8 Å². The first-order chi connectivity index (χ1) is 6.63. The Morgan fingerprint density at radius 2 is 2.21 bits per heavy atom. The topological polar surface area (TPSA) is 26.0 Å². The highest BCUT2D eigenvalue weighted by atomic mass is 79.9. The molecular formula is C11H18BrNS. The summed E-state index contributed by atoms with van der Waals surface area (Å²) in [7, 11) is 0. The lowest BCUT2D eigenvalue weighted by Gasteiger charge is -2.18. The highest BCUT2D eigenvalue weighted by Gasteiger charge is 2.13. The number of halogens is 1. The van der Waals surface area contributed by atoms with Crippen molar-refractivity contribution >= 4 is 27.3 Å². The summed E-state index contributed by atoms with van der Waals surface area (Å²) in [6, 6.07) is 4.56. The predicted octanol–water partition coefficient (Wildman–Crippen LogP) is 3.82. The standard InChI is InChI=1S/C11H18BrNS/c1-3-4-8(2)10(13)7-9-5-6-11(12)14-9/h5-6,8,10H,3-4,7,13H2,1-2H3. The lowest BCUT2D eigenvalue weighted by Crippen LogP contribution is -2.30. The summed E-state index contributed by atoms with van der Waals surface area (Å²) in [5.41, 5.74) is 6.14. The molecule has 1 nitrogen and oxygen atoms in total. The molecule has 1 rings (SSSR count). The average Bonchev–Trinajstić information content (AvgIpc) is 2.51. The Kier molecular flexibility index (Phi) is 5.13. The summed E-state index contributed by atoms with van der Waals surface area (Å²) in [6.45, 7) is 4.46. The first-order valence-corrected chi connectivity index (χ1v) is 6.74. The summed E-state index contributed by atoms with van der Waals surface area (Å²) in [6.07, 6.45) is 3.47. The molecule has 80 valence electrons. The zero-order chi connectivity index (χ0) is 10.6. The average molecular weight is 276 g/mol. The number of hydrogen-bond donors (Lipinski definition) is 1. The maximum absolute atomic E-state index is 6.14. The zero-order valence-electron chi connectivity index (χ0n) is 8.79. The van der Waals surface area contributed by atoms with Crippen molar-refractivity contribution in [2.75, 3.05) is 0 Å². The second-order valence-electron chi connectivity index (χ2n) is 3.84. The van der Waals surface area contributed by atoms with E-state index < -0.39 is 0 Å². The van der Waals surface area contributed by atoms with Gasteiger partial charge in [0.25, 0.3) is 0 Å².